The molecule has 4 nitrogen and oxygen atoms in total. The second kappa shape index (κ2) is 4.40. The zero-order valence-electron chi connectivity index (χ0n) is 9.85. The Morgan fingerprint density at radius 2 is 2.05 bits per heavy atom. The molecule has 2 heterocycles. The molecule has 0 aliphatic rings. The van der Waals surface area contributed by atoms with E-state index in [-0.39, 0.29) is 5.43 Å². The van der Waals surface area contributed by atoms with Crippen molar-refractivity contribution in [1.29, 1.82) is 0 Å². The van der Waals surface area contributed by atoms with Crippen LogP contribution in [0.1, 0.15) is 0 Å². The molecular formula is C13H8Cl2N2O2. The molecule has 0 N–H and O–H groups in total. The number of aromatic nitrogens is 2. The number of imidazole rings is 1. The summed E-state index contributed by atoms with van der Waals surface area (Å²) in [5.41, 5.74) is 0.295. The maximum absolute atomic E-state index is 12.1. The summed E-state index contributed by atoms with van der Waals surface area (Å²) in [6.07, 6.45) is 1.50. The van der Waals surface area contributed by atoms with Crippen molar-refractivity contribution >= 4 is 34.2 Å². The standard InChI is InChI=1S/C13H8Cl2N2O2/c1-17-12(15)6-16-13(17)11-5-9(18)8-4-7(14)2-3-10(8)19-11/h2-6H,1H3. The van der Waals surface area contributed by atoms with Gasteiger partial charge < -0.3 is 8.98 Å². The van der Waals surface area contributed by atoms with Crippen LogP contribution in [0.3, 0.4) is 0 Å². The molecule has 1 aromatic carbocycles. The molecule has 0 aliphatic carbocycles. The molecule has 0 fully saturated rings. The van der Waals surface area contributed by atoms with Crippen molar-refractivity contribution in [3.8, 4) is 11.6 Å². The predicted molar refractivity (Wildman–Crippen MR) is 74.7 cm³/mol. The molecule has 6 heteroatoms. The molecule has 0 amide bonds. The average Bonchev–Trinajstić information content (AvgIpc) is 2.71. The van der Waals surface area contributed by atoms with Crippen LogP contribution < -0.4 is 5.43 Å². The number of benzene rings is 1. The fourth-order valence-corrected chi connectivity index (χ4v) is 2.16. The second-order valence-corrected chi connectivity index (χ2v) is 4.90. The normalized spacial score (nSPS) is 11.1. The first-order valence-corrected chi connectivity index (χ1v) is 6.23. The van der Waals surface area contributed by atoms with Crippen LogP contribution in [0.4, 0.5) is 0 Å². The van der Waals surface area contributed by atoms with E-state index in [1.165, 1.54) is 12.3 Å². The summed E-state index contributed by atoms with van der Waals surface area (Å²) in [5.74, 6) is 0.869. The third-order valence-electron chi connectivity index (χ3n) is 2.84. The van der Waals surface area contributed by atoms with Crippen LogP contribution in [0.15, 0.2) is 39.7 Å². The van der Waals surface area contributed by atoms with Gasteiger partial charge in [0.25, 0.3) is 0 Å². The minimum atomic E-state index is -0.169. The molecule has 96 valence electrons. The first-order chi connectivity index (χ1) is 9.06. The summed E-state index contributed by atoms with van der Waals surface area (Å²) >= 11 is 11.8. The van der Waals surface area contributed by atoms with E-state index in [2.05, 4.69) is 4.98 Å². The van der Waals surface area contributed by atoms with Crippen molar-refractivity contribution in [2.24, 2.45) is 7.05 Å². The highest BCUT2D eigenvalue weighted by molar-refractivity contribution is 6.31. The molecular weight excluding hydrogens is 287 g/mol. The van der Waals surface area contributed by atoms with Gasteiger partial charge in [-0.25, -0.2) is 4.98 Å². The molecule has 0 saturated heterocycles. The molecule has 0 bridgehead atoms. The van der Waals surface area contributed by atoms with Gasteiger partial charge in [0.1, 0.15) is 10.7 Å². The molecule has 19 heavy (non-hydrogen) atoms. The lowest BCUT2D eigenvalue weighted by atomic mass is 10.2. The van der Waals surface area contributed by atoms with Gasteiger partial charge in [-0.1, -0.05) is 23.2 Å². The van der Waals surface area contributed by atoms with Gasteiger partial charge in [-0.3, -0.25) is 4.79 Å². The lowest BCUT2D eigenvalue weighted by Crippen LogP contribution is -2.02. The van der Waals surface area contributed by atoms with Crippen molar-refractivity contribution in [2.45, 2.75) is 0 Å². The third kappa shape index (κ3) is 2.03. The zero-order valence-corrected chi connectivity index (χ0v) is 11.4. The lowest BCUT2D eigenvalue weighted by molar-refractivity contribution is 0.608. The van der Waals surface area contributed by atoms with Crippen LogP contribution in [0, 0.1) is 0 Å². The van der Waals surface area contributed by atoms with Crippen LogP contribution in [0.25, 0.3) is 22.6 Å². The fraction of sp³-hybridized carbons (Fsp3) is 0.0769. The van der Waals surface area contributed by atoms with Crippen LogP contribution >= 0.6 is 23.2 Å². The lowest BCUT2D eigenvalue weighted by Gasteiger charge is -2.03. The Morgan fingerprint density at radius 1 is 1.26 bits per heavy atom. The van der Waals surface area contributed by atoms with E-state index < -0.39 is 0 Å². The number of hydrogen-bond acceptors (Lipinski definition) is 3. The van der Waals surface area contributed by atoms with Crippen molar-refractivity contribution in [2.75, 3.05) is 0 Å². The van der Waals surface area contributed by atoms with Gasteiger partial charge in [-0.15, -0.1) is 0 Å². The Balaban J connectivity index is 2.30. The van der Waals surface area contributed by atoms with Gasteiger partial charge in [0.15, 0.2) is 17.0 Å². The van der Waals surface area contributed by atoms with E-state index in [0.717, 1.165) is 0 Å². The zero-order chi connectivity index (χ0) is 13.6. The van der Waals surface area contributed by atoms with Crippen LogP contribution in [0.2, 0.25) is 10.2 Å². The molecule has 3 aromatic rings. The Labute approximate surface area is 118 Å². The topological polar surface area (TPSA) is 48.0 Å². The molecule has 0 aliphatic heterocycles. The largest absolute Gasteiger partial charge is 0.453 e. The highest BCUT2D eigenvalue weighted by Crippen LogP contribution is 2.24. The average molecular weight is 295 g/mol. The number of nitrogens with zero attached hydrogens (tertiary/aromatic N) is 2. The Kier molecular flexibility index (Phi) is 2.84. The second-order valence-electron chi connectivity index (χ2n) is 4.08. The molecule has 0 saturated carbocycles. The maximum Gasteiger partial charge on any atom is 0.193 e. The summed E-state index contributed by atoms with van der Waals surface area (Å²) in [6.45, 7) is 0. The summed E-state index contributed by atoms with van der Waals surface area (Å²) in [6, 6.07) is 6.30. The third-order valence-corrected chi connectivity index (χ3v) is 3.43. The number of rotatable bonds is 1. The van der Waals surface area contributed by atoms with E-state index in [1.54, 1.807) is 29.8 Å². The Bertz CT molecular complexity index is 836. The van der Waals surface area contributed by atoms with E-state index >= 15 is 0 Å². The predicted octanol–water partition coefficient (Wildman–Crippen LogP) is 3.50. The molecule has 0 atom stereocenters. The SMILES string of the molecule is Cn1c(Cl)cnc1-c1cc(=O)c2cc(Cl)ccc2o1. The summed E-state index contributed by atoms with van der Waals surface area (Å²) in [4.78, 5) is 16.2. The van der Waals surface area contributed by atoms with E-state index in [0.29, 0.717) is 32.7 Å². The number of halogens is 2. The van der Waals surface area contributed by atoms with Crippen molar-refractivity contribution in [3.63, 3.8) is 0 Å². The van der Waals surface area contributed by atoms with Crippen LogP contribution in [-0.2, 0) is 7.05 Å². The van der Waals surface area contributed by atoms with Gasteiger partial charge in [0, 0.05) is 18.1 Å². The van der Waals surface area contributed by atoms with Gasteiger partial charge in [0.2, 0.25) is 0 Å². The summed E-state index contributed by atoms with van der Waals surface area (Å²) < 4.78 is 7.32. The highest BCUT2D eigenvalue weighted by Gasteiger charge is 2.12. The maximum atomic E-state index is 12.1. The van der Waals surface area contributed by atoms with Crippen molar-refractivity contribution < 1.29 is 4.42 Å². The molecule has 0 spiro atoms. The smallest absolute Gasteiger partial charge is 0.193 e. The van der Waals surface area contributed by atoms with Gasteiger partial charge >= 0.3 is 0 Å². The van der Waals surface area contributed by atoms with Gasteiger partial charge in [0.05, 0.1) is 11.6 Å². The Hall–Kier alpha value is -1.78. The van der Waals surface area contributed by atoms with Gasteiger partial charge in [-0.2, -0.15) is 0 Å². The highest BCUT2D eigenvalue weighted by atomic mass is 35.5. The molecule has 2 aromatic heterocycles. The fourth-order valence-electron chi connectivity index (χ4n) is 1.86. The molecule has 0 unspecified atom stereocenters. The summed E-state index contributed by atoms with van der Waals surface area (Å²) in [5, 5.41) is 1.40. The van der Waals surface area contributed by atoms with E-state index in [1.807, 2.05) is 0 Å². The quantitative estimate of drug-likeness (QED) is 0.690. The minimum Gasteiger partial charge on any atom is -0.453 e. The Morgan fingerprint density at radius 3 is 2.74 bits per heavy atom. The molecule has 3 rings (SSSR count). The van der Waals surface area contributed by atoms with Crippen LogP contribution in [-0.4, -0.2) is 9.55 Å². The van der Waals surface area contributed by atoms with Crippen molar-refractivity contribution in [3.05, 3.63) is 50.9 Å². The number of hydrogen-bond donors (Lipinski definition) is 0. The van der Waals surface area contributed by atoms with E-state index in [4.69, 9.17) is 27.6 Å². The minimum absolute atomic E-state index is 0.169. The monoisotopic (exact) mass is 294 g/mol. The van der Waals surface area contributed by atoms with Crippen LogP contribution in [0.5, 0.6) is 0 Å². The van der Waals surface area contributed by atoms with E-state index in [9.17, 15) is 4.79 Å². The molecule has 0 radical (unpaired) electrons. The first kappa shape index (κ1) is 12.3. The van der Waals surface area contributed by atoms with Gasteiger partial charge in [-0.05, 0) is 18.2 Å². The first-order valence-electron chi connectivity index (χ1n) is 5.47. The number of fused-ring (bicyclic) bond motifs is 1. The van der Waals surface area contributed by atoms with Crippen molar-refractivity contribution in [1.82, 2.24) is 9.55 Å². The summed E-state index contributed by atoms with van der Waals surface area (Å²) in [7, 11) is 1.75.